The molecule has 126 valence electrons. The Morgan fingerprint density at radius 3 is 2.50 bits per heavy atom. The maximum absolute atomic E-state index is 12.6. The van der Waals surface area contributed by atoms with Crippen molar-refractivity contribution in [3.63, 3.8) is 0 Å². The minimum Gasteiger partial charge on any atom is -0.370 e. The van der Waals surface area contributed by atoms with Gasteiger partial charge in [-0.1, -0.05) is 0 Å². The van der Waals surface area contributed by atoms with Gasteiger partial charge in [-0.25, -0.2) is 9.97 Å². The Morgan fingerprint density at radius 2 is 1.71 bits per heavy atom. The number of likely N-dealkylation sites (tertiary alicyclic amines) is 1. The van der Waals surface area contributed by atoms with Gasteiger partial charge in [0.05, 0.1) is 11.9 Å². The lowest BCUT2D eigenvalue weighted by atomic mass is 9.94. The first kappa shape index (κ1) is 15.3. The highest BCUT2D eigenvalue weighted by Crippen LogP contribution is 2.26. The van der Waals surface area contributed by atoms with E-state index >= 15 is 0 Å². The van der Waals surface area contributed by atoms with Gasteiger partial charge in [-0.05, 0) is 38.2 Å². The first-order valence-electron chi connectivity index (χ1n) is 8.92. The zero-order valence-electron chi connectivity index (χ0n) is 13.9. The van der Waals surface area contributed by atoms with Gasteiger partial charge < -0.3 is 9.80 Å². The van der Waals surface area contributed by atoms with Crippen molar-refractivity contribution >= 4 is 22.8 Å². The number of anilines is 1. The van der Waals surface area contributed by atoms with Crippen LogP contribution in [-0.2, 0) is 4.79 Å². The van der Waals surface area contributed by atoms with Crippen LogP contribution in [0.4, 0.5) is 5.69 Å². The van der Waals surface area contributed by atoms with E-state index in [0.29, 0.717) is 11.6 Å². The van der Waals surface area contributed by atoms with E-state index in [-0.39, 0.29) is 5.92 Å². The van der Waals surface area contributed by atoms with Gasteiger partial charge in [0, 0.05) is 44.5 Å². The first-order chi connectivity index (χ1) is 11.8. The SMILES string of the molecule is O=C(C1CCN(c2cnc3nccnc3c2)CC1)N1CCCCC1. The Hall–Kier alpha value is -2.24. The van der Waals surface area contributed by atoms with Crippen molar-refractivity contribution in [2.24, 2.45) is 5.92 Å². The van der Waals surface area contributed by atoms with Crippen LogP contribution in [-0.4, -0.2) is 51.9 Å². The summed E-state index contributed by atoms with van der Waals surface area (Å²) in [6.07, 6.45) is 10.7. The van der Waals surface area contributed by atoms with Gasteiger partial charge in [0.25, 0.3) is 0 Å². The summed E-state index contributed by atoms with van der Waals surface area (Å²) in [6.45, 7) is 3.70. The second kappa shape index (κ2) is 6.71. The van der Waals surface area contributed by atoms with Crippen molar-refractivity contribution in [1.82, 2.24) is 19.9 Å². The number of pyridine rings is 1. The van der Waals surface area contributed by atoms with Crippen molar-refractivity contribution in [3.8, 4) is 0 Å². The van der Waals surface area contributed by atoms with E-state index in [1.165, 1.54) is 6.42 Å². The third-order valence-electron chi connectivity index (χ3n) is 5.19. The Bertz CT molecular complexity index is 720. The quantitative estimate of drug-likeness (QED) is 0.847. The van der Waals surface area contributed by atoms with Crippen LogP contribution >= 0.6 is 0 Å². The van der Waals surface area contributed by atoms with Gasteiger partial charge >= 0.3 is 0 Å². The summed E-state index contributed by atoms with van der Waals surface area (Å²) >= 11 is 0. The monoisotopic (exact) mass is 325 g/mol. The van der Waals surface area contributed by atoms with E-state index in [2.05, 4.69) is 24.8 Å². The molecule has 0 N–H and O–H groups in total. The van der Waals surface area contributed by atoms with Gasteiger partial charge in [-0.3, -0.25) is 9.78 Å². The topological polar surface area (TPSA) is 62.2 Å². The molecule has 2 saturated heterocycles. The number of piperidine rings is 2. The van der Waals surface area contributed by atoms with Gasteiger partial charge in [0.1, 0.15) is 5.52 Å². The van der Waals surface area contributed by atoms with Gasteiger partial charge in [0.2, 0.25) is 5.91 Å². The van der Waals surface area contributed by atoms with Crippen LogP contribution in [0.3, 0.4) is 0 Å². The number of aromatic nitrogens is 3. The third kappa shape index (κ3) is 3.05. The smallest absolute Gasteiger partial charge is 0.225 e. The summed E-state index contributed by atoms with van der Waals surface area (Å²) in [5.74, 6) is 0.560. The Labute approximate surface area is 141 Å². The van der Waals surface area contributed by atoms with E-state index in [9.17, 15) is 4.79 Å². The molecule has 6 nitrogen and oxygen atoms in total. The fourth-order valence-electron chi connectivity index (χ4n) is 3.78. The van der Waals surface area contributed by atoms with E-state index < -0.39 is 0 Å². The number of rotatable bonds is 2. The molecule has 0 aromatic carbocycles. The van der Waals surface area contributed by atoms with Crippen LogP contribution in [0.2, 0.25) is 0 Å². The van der Waals surface area contributed by atoms with Crippen LogP contribution in [0.15, 0.2) is 24.7 Å². The van der Waals surface area contributed by atoms with E-state index in [1.807, 2.05) is 12.3 Å². The molecule has 0 saturated carbocycles. The molecular formula is C18H23N5O. The van der Waals surface area contributed by atoms with Crippen LogP contribution in [0, 0.1) is 5.92 Å². The molecule has 24 heavy (non-hydrogen) atoms. The van der Waals surface area contributed by atoms with E-state index in [1.54, 1.807) is 12.4 Å². The van der Waals surface area contributed by atoms with E-state index in [0.717, 1.165) is 63.1 Å². The maximum atomic E-state index is 12.6. The predicted molar refractivity (Wildman–Crippen MR) is 92.7 cm³/mol. The van der Waals surface area contributed by atoms with Crippen molar-refractivity contribution < 1.29 is 4.79 Å². The molecule has 2 aromatic rings. The fraction of sp³-hybridized carbons (Fsp3) is 0.556. The number of nitrogens with zero attached hydrogens (tertiary/aromatic N) is 5. The summed E-state index contributed by atoms with van der Waals surface area (Å²) in [4.78, 5) is 30.0. The standard InChI is InChI=1S/C18H23N5O/c24-18(23-8-2-1-3-9-23)14-4-10-22(11-5-14)15-12-16-17(21-13-15)20-7-6-19-16/h6-7,12-14H,1-5,8-11H2. The molecule has 4 heterocycles. The predicted octanol–water partition coefficient (Wildman–Crippen LogP) is 2.25. The Balaban J connectivity index is 1.40. The summed E-state index contributed by atoms with van der Waals surface area (Å²) in [7, 11) is 0. The molecule has 2 aromatic heterocycles. The zero-order chi connectivity index (χ0) is 16.4. The molecule has 0 radical (unpaired) electrons. The highest BCUT2D eigenvalue weighted by atomic mass is 16.2. The number of amides is 1. The zero-order valence-corrected chi connectivity index (χ0v) is 13.9. The second-order valence-corrected chi connectivity index (χ2v) is 6.74. The van der Waals surface area contributed by atoms with Crippen molar-refractivity contribution in [2.75, 3.05) is 31.1 Å². The molecule has 2 aliphatic rings. The second-order valence-electron chi connectivity index (χ2n) is 6.74. The summed E-state index contributed by atoms with van der Waals surface area (Å²) in [6, 6.07) is 2.04. The van der Waals surface area contributed by atoms with Crippen molar-refractivity contribution in [3.05, 3.63) is 24.7 Å². The molecule has 1 amide bonds. The fourth-order valence-corrected chi connectivity index (χ4v) is 3.78. The van der Waals surface area contributed by atoms with Crippen molar-refractivity contribution in [2.45, 2.75) is 32.1 Å². The summed E-state index contributed by atoms with van der Waals surface area (Å²) < 4.78 is 0. The number of hydrogen-bond acceptors (Lipinski definition) is 5. The van der Waals surface area contributed by atoms with Gasteiger partial charge in [0.15, 0.2) is 5.65 Å². The minimum atomic E-state index is 0.188. The molecule has 2 fully saturated rings. The number of carbonyl (C=O) groups excluding carboxylic acids is 1. The Morgan fingerprint density at radius 1 is 0.958 bits per heavy atom. The summed E-state index contributed by atoms with van der Waals surface area (Å²) in [5.41, 5.74) is 2.57. The normalized spacial score (nSPS) is 19.7. The average molecular weight is 325 g/mol. The molecular weight excluding hydrogens is 302 g/mol. The molecule has 4 rings (SSSR count). The average Bonchev–Trinajstić information content (AvgIpc) is 2.68. The molecule has 0 aliphatic carbocycles. The molecule has 0 atom stereocenters. The van der Waals surface area contributed by atoms with Crippen LogP contribution in [0.1, 0.15) is 32.1 Å². The van der Waals surface area contributed by atoms with Crippen LogP contribution in [0.5, 0.6) is 0 Å². The third-order valence-corrected chi connectivity index (χ3v) is 5.19. The lowest BCUT2D eigenvalue weighted by Gasteiger charge is -2.36. The molecule has 0 spiro atoms. The van der Waals surface area contributed by atoms with Crippen molar-refractivity contribution in [1.29, 1.82) is 0 Å². The number of fused-ring (bicyclic) bond motifs is 1. The highest BCUT2D eigenvalue weighted by Gasteiger charge is 2.29. The Kier molecular flexibility index (Phi) is 4.28. The minimum absolute atomic E-state index is 0.188. The number of carbonyl (C=O) groups is 1. The van der Waals surface area contributed by atoms with Gasteiger partial charge in [-0.2, -0.15) is 0 Å². The van der Waals surface area contributed by atoms with Crippen LogP contribution in [0.25, 0.3) is 11.2 Å². The summed E-state index contributed by atoms with van der Waals surface area (Å²) in [5, 5.41) is 0. The number of hydrogen-bond donors (Lipinski definition) is 0. The van der Waals surface area contributed by atoms with Crippen LogP contribution < -0.4 is 4.90 Å². The van der Waals surface area contributed by atoms with Gasteiger partial charge in [-0.15, -0.1) is 0 Å². The van der Waals surface area contributed by atoms with E-state index in [4.69, 9.17) is 0 Å². The largest absolute Gasteiger partial charge is 0.370 e. The lowest BCUT2D eigenvalue weighted by molar-refractivity contribution is -0.137. The molecule has 6 heteroatoms. The molecule has 0 unspecified atom stereocenters. The first-order valence-corrected chi connectivity index (χ1v) is 8.92. The maximum Gasteiger partial charge on any atom is 0.225 e. The molecule has 2 aliphatic heterocycles. The lowest BCUT2D eigenvalue weighted by Crippen LogP contribution is -2.44. The highest BCUT2D eigenvalue weighted by molar-refractivity contribution is 5.79. The molecule has 0 bridgehead atoms.